The highest BCUT2D eigenvalue weighted by molar-refractivity contribution is 7.89. The van der Waals surface area contributed by atoms with Crippen molar-refractivity contribution in [3.63, 3.8) is 0 Å². The van der Waals surface area contributed by atoms with E-state index >= 15 is 0 Å². The summed E-state index contributed by atoms with van der Waals surface area (Å²) in [4.78, 5) is 11.9. The highest BCUT2D eigenvalue weighted by Gasteiger charge is 2.37. The lowest BCUT2D eigenvalue weighted by Gasteiger charge is -2.36. The molecule has 1 saturated carbocycles. The van der Waals surface area contributed by atoms with Gasteiger partial charge in [-0.3, -0.25) is 0 Å². The highest BCUT2D eigenvalue weighted by Crippen LogP contribution is 2.38. The van der Waals surface area contributed by atoms with E-state index in [9.17, 15) is 31.5 Å². The van der Waals surface area contributed by atoms with E-state index in [2.05, 4.69) is 9.46 Å². The molecule has 1 fully saturated rings. The number of hydrogen-bond acceptors (Lipinski definition) is 6. The minimum absolute atomic E-state index is 0.251. The van der Waals surface area contributed by atoms with Crippen molar-refractivity contribution in [2.75, 3.05) is 7.11 Å². The third kappa shape index (κ3) is 5.32. The Balaban J connectivity index is 1.45. The van der Waals surface area contributed by atoms with E-state index in [1.807, 2.05) is 28.8 Å². The van der Waals surface area contributed by atoms with Gasteiger partial charge in [0.15, 0.2) is 0 Å². The van der Waals surface area contributed by atoms with Crippen molar-refractivity contribution in [1.29, 1.82) is 0 Å². The number of alkyl halides is 3. The molecular formula is C27H25F3N2O6S. The zero-order chi connectivity index (χ0) is 27.9. The summed E-state index contributed by atoms with van der Waals surface area (Å²) in [5, 5.41) is 13.1. The Kier molecular flexibility index (Phi) is 7.04. The van der Waals surface area contributed by atoms with Crippen LogP contribution in [0.1, 0.15) is 35.7 Å². The van der Waals surface area contributed by atoms with Gasteiger partial charge in [0.2, 0.25) is 10.0 Å². The molecule has 0 spiro atoms. The van der Waals surface area contributed by atoms with Crippen LogP contribution in [0.15, 0.2) is 71.6 Å². The van der Waals surface area contributed by atoms with Gasteiger partial charge in [-0.1, -0.05) is 18.2 Å². The maximum atomic E-state index is 13.1. The Morgan fingerprint density at radius 2 is 1.69 bits per heavy atom. The van der Waals surface area contributed by atoms with Crippen molar-refractivity contribution < 1.29 is 41.0 Å². The van der Waals surface area contributed by atoms with Gasteiger partial charge in [-0.05, 0) is 67.8 Å². The summed E-state index contributed by atoms with van der Waals surface area (Å²) < 4.78 is 76.6. The van der Waals surface area contributed by atoms with E-state index in [1.165, 1.54) is 7.11 Å². The van der Waals surface area contributed by atoms with Crippen molar-refractivity contribution in [2.45, 2.75) is 48.7 Å². The first-order valence-corrected chi connectivity index (χ1v) is 13.6. The molecule has 1 aliphatic carbocycles. The lowest BCUT2D eigenvalue weighted by Crippen LogP contribution is -2.49. The smallest absolute Gasteiger partial charge is 0.465 e. The van der Waals surface area contributed by atoms with Crippen LogP contribution in [0.25, 0.3) is 21.8 Å². The van der Waals surface area contributed by atoms with E-state index in [0.717, 1.165) is 46.1 Å². The summed E-state index contributed by atoms with van der Waals surface area (Å²) in [5.74, 6) is -1.01. The first kappa shape index (κ1) is 27.0. The fraction of sp³-hybridized carbons (Fsp3) is 0.296. The second kappa shape index (κ2) is 10.2. The molecular weight excluding hydrogens is 537 g/mol. The molecule has 4 aromatic rings. The van der Waals surface area contributed by atoms with Crippen LogP contribution in [-0.4, -0.2) is 49.7 Å². The van der Waals surface area contributed by atoms with Crippen LogP contribution < -0.4 is 9.46 Å². The SMILES string of the molecule is COC(=O)c1ccc2c(c1)c1ccccc1n2[C@H]1CCC[C@@H](NS(=O)(=O)c2ccc(OC(F)(F)F)cc2)[C@@H]1O. The molecule has 0 radical (unpaired) electrons. The molecule has 3 atom stereocenters. The van der Waals surface area contributed by atoms with Crippen molar-refractivity contribution >= 4 is 37.8 Å². The Morgan fingerprint density at radius 1 is 1.00 bits per heavy atom. The number of aliphatic hydroxyl groups excluding tert-OH is 1. The van der Waals surface area contributed by atoms with Crippen LogP contribution >= 0.6 is 0 Å². The van der Waals surface area contributed by atoms with E-state index in [-0.39, 0.29) is 4.90 Å². The lowest BCUT2D eigenvalue weighted by molar-refractivity contribution is -0.274. The Labute approximate surface area is 222 Å². The first-order valence-electron chi connectivity index (χ1n) is 12.2. The molecule has 206 valence electrons. The topological polar surface area (TPSA) is 107 Å². The summed E-state index contributed by atoms with van der Waals surface area (Å²) >= 11 is 0. The van der Waals surface area contributed by atoms with Crippen LogP contribution in [0, 0.1) is 0 Å². The molecule has 0 unspecified atom stereocenters. The number of aliphatic hydroxyl groups is 1. The van der Waals surface area contributed by atoms with Gasteiger partial charge in [0.1, 0.15) is 5.75 Å². The van der Waals surface area contributed by atoms with E-state index in [4.69, 9.17) is 4.74 Å². The lowest BCUT2D eigenvalue weighted by atomic mass is 9.88. The van der Waals surface area contributed by atoms with Gasteiger partial charge in [0.05, 0.1) is 35.8 Å². The second-order valence-electron chi connectivity index (χ2n) is 9.35. The van der Waals surface area contributed by atoms with Crippen molar-refractivity contribution in [1.82, 2.24) is 9.29 Å². The number of ether oxygens (including phenoxy) is 2. The molecule has 1 aromatic heterocycles. The Hall–Kier alpha value is -3.61. The second-order valence-corrected chi connectivity index (χ2v) is 11.1. The number of nitrogens with zero attached hydrogens (tertiary/aromatic N) is 1. The quantitative estimate of drug-likeness (QED) is 0.324. The number of methoxy groups -OCH3 is 1. The molecule has 39 heavy (non-hydrogen) atoms. The number of fused-ring (bicyclic) bond motifs is 3. The zero-order valence-electron chi connectivity index (χ0n) is 20.7. The number of halogens is 3. The number of benzene rings is 3. The largest absolute Gasteiger partial charge is 0.573 e. The third-order valence-electron chi connectivity index (χ3n) is 6.96. The van der Waals surface area contributed by atoms with Gasteiger partial charge in [-0.25, -0.2) is 17.9 Å². The molecule has 1 heterocycles. The zero-order valence-corrected chi connectivity index (χ0v) is 21.5. The maximum Gasteiger partial charge on any atom is 0.573 e. The number of sulfonamides is 1. The van der Waals surface area contributed by atoms with E-state index < -0.39 is 46.3 Å². The van der Waals surface area contributed by atoms with Crippen molar-refractivity contribution in [3.05, 3.63) is 72.3 Å². The number of carbonyl (C=O) groups is 1. The standard InChI is InChI=1S/C27H25F3N2O6S/c1-37-26(34)16-9-14-23-20(15-16)19-5-2-3-7-22(19)32(23)24-8-4-6-21(25(24)33)31-39(35,36)18-12-10-17(11-13-18)38-27(28,29)30/h2-3,5,7,9-15,21,24-25,31,33H,4,6,8H2,1H3/t21-,24+,25+/m1/s1. The molecule has 5 rings (SSSR count). The highest BCUT2D eigenvalue weighted by atomic mass is 32.2. The van der Waals surface area contributed by atoms with Gasteiger partial charge in [-0.15, -0.1) is 13.2 Å². The van der Waals surface area contributed by atoms with Gasteiger partial charge < -0.3 is 19.1 Å². The predicted molar refractivity (Wildman–Crippen MR) is 137 cm³/mol. The first-order chi connectivity index (χ1) is 18.5. The Bertz CT molecular complexity index is 1630. The van der Waals surface area contributed by atoms with Crippen molar-refractivity contribution in [2.24, 2.45) is 0 Å². The molecule has 3 aromatic carbocycles. The number of esters is 1. The summed E-state index contributed by atoms with van der Waals surface area (Å²) in [6.45, 7) is 0. The molecule has 2 N–H and O–H groups in total. The molecule has 8 nitrogen and oxygen atoms in total. The monoisotopic (exact) mass is 562 g/mol. The average molecular weight is 563 g/mol. The average Bonchev–Trinajstić information content (AvgIpc) is 3.22. The fourth-order valence-electron chi connectivity index (χ4n) is 5.26. The molecule has 1 aliphatic rings. The third-order valence-corrected chi connectivity index (χ3v) is 8.46. The van der Waals surface area contributed by atoms with Crippen LogP contribution in [0.4, 0.5) is 13.2 Å². The normalized spacial score (nSPS) is 20.3. The molecule has 12 heteroatoms. The van der Waals surface area contributed by atoms with Crippen molar-refractivity contribution in [3.8, 4) is 5.75 Å². The fourth-order valence-corrected chi connectivity index (χ4v) is 6.55. The minimum Gasteiger partial charge on any atom is -0.465 e. The number of rotatable bonds is 6. The summed E-state index contributed by atoms with van der Waals surface area (Å²) in [6.07, 6.45) is -4.44. The van der Waals surface area contributed by atoms with E-state index in [0.29, 0.717) is 24.8 Å². The molecule has 0 bridgehead atoms. The summed E-state index contributed by atoms with van der Waals surface area (Å²) in [6, 6.07) is 15.3. The predicted octanol–water partition coefficient (Wildman–Crippen LogP) is 4.91. The van der Waals surface area contributed by atoms with Gasteiger partial charge in [0, 0.05) is 21.8 Å². The summed E-state index contributed by atoms with van der Waals surface area (Å²) in [7, 11) is -2.85. The number of carbonyl (C=O) groups excluding carboxylic acids is 1. The molecule has 0 aliphatic heterocycles. The number of para-hydroxylation sites is 1. The number of hydrogen-bond donors (Lipinski definition) is 2. The number of aromatic nitrogens is 1. The van der Waals surface area contributed by atoms with Crippen LogP contribution in [0.3, 0.4) is 0 Å². The maximum absolute atomic E-state index is 13.1. The molecule has 0 saturated heterocycles. The van der Waals surface area contributed by atoms with Crippen LogP contribution in [-0.2, 0) is 14.8 Å². The Morgan fingerprint density at radius 3 is 2.38 bits per heavy atom. The minimum atomic E-state index is -4.90. The van der Waals surface area contributed by atoms with Crippen LogP contribution in [0.2, 0.25) is 0 Å². The summed E-state index contributed by atoms with van der Waals surface area (Å²) in [5.41, 5.74) is 1.98. The number of nitrogens with one attached hydrogen (secondary N) is 1. The van der Waals surface area contributed by atoms with Crippen LogP contribution in [0.5, 0.6) is 5.75 Å². The molecule has 0 amide bonds. The van der Waals surface area contributed by atoms with Gasteiger partial charge >= 0.3 is 12.3 Å². The van der Waals surface area contributed by atoms with Gasteiger partial charge in [-0.2, -0.15) is 0 Å². The van der Waals surface area contributed by atoms with Gasteiger partial charge in [0.25, 0.3) is 0 Å². The van der Waals surface area contributed by atoms with E-state index in [1.54, 1.807) is 18.2 Å².